The van der Waals surface area contributed by atoms with Gasteiger partial charge in [-0.2, -0.15) is 0 Å². The molecular formula is C13H15NO2. The molecule has 1 heterocycles. The summed E-state index contributed by atoms with van der Waals surface area (Å²) in [5.41, 5.74) is 2.34. The molecule has 1 aliphatic rings. The highest BCUT2D eigenvalue weighted by molar-refractivity contribution is 5.83. The van der Waals surface area contributed by atoms with Crippen LogP contribution in [0.2, 0.25) is 0 Å². The molecule has 0 spiro atoms. The van der Waals surface area contributed by atoms with Gasteiger partial charge in [0, 0.05) is 24.9 Å². The molecule has 0 aromatic heterocycles. The van der Waals surface area contributed by atoms with Gasteiger partial charge in [0.1, 0.15) is 0 Å². The Kier molecular flexibility index (Phi) is 3.25. The quantitative estimate of drug-likeness (QED) is 0.560. The van der Waals surface area contributed by atoms with E-state index in [1.165, 1.54) is 12.8 Å². The summed E-state index contributed by atoms with van der Waals surface area (Å²) in [6.07, 6.45) is 2.53. The molecule has 0 saturated carbocycles. The Morgan fingerprint density at radius 2 is 2.12 bits per heavy atom. The van der Waals surface area contributed by atoms with E-state index < -0.39 is 0 Å². The van der Waals surface area contributed by atoms with E-state index in [-0.39, 0.29) is 5.97 Å². The van der Waals surface area contributed by atoms with Gasteiger partial charge in [-0.25, -0.2) is 4.79 Å². The van der Waals surface area contributed by atoms with Crippen LogP contribution in [0.25, 0.3) is 0 Å². The molecule has 2 rings (SSSR count). The van der Waals surface area contributed by atoms with Crippen LogP contribution in [-0.2, 0) is 9.53 Å². The lowest BCUT2D eigenvalue weighted by molar-refractivity contribution is -0.134. The van der Waals surface area contributed by atoms with E-state index in [4.69, 9.17) is 0 Å². The third kappa shape index (κ3) is 2.42. The molecule has 1 aromatic rings. The highest BCUT2D eigenvalue weighted by Crippen LogP contribution is 2.22. The van der Waals surface area contributed by atoms with Gasteiger partial charge in [0.25, 0.3) is 0 Å². The second kappa shape index (κ2) is 4.84. The van der Waals surface area contributed by atoms with Crippen LogP contribution in [0.4, 0.5) is 5.69 Å². The minimum atomic E-state index is -0.259. The molecule has 3 nitrogen and oxygen atoms in total. The number of hydrogen-bond acceptors (Lipinski definition) is 3. The lowest BCUT2D eigenvalue weighted by atomic mass is 10.2. The van der Waals surface area contributed by atoms with Crippen molar-refractivity contribution in [3.8, 4) is 0 Å². The van der Waals surface area contributed by atoms with Crippen LogP contribution < -0.4 is 4.90 Å². The minimum absolute atomic E-state index is 0.259. The fraction of sp³-hybridized carbons (Fsp3) is 0.308. The summed E-state index contributed by atoms with van der Waals surface area (Å²) in [4.78, 5) is 13.4. The van der Waals surface area contributed by atoms with Crippen molar-refractivity contribution in [3.05, 3.63) is 42.0 Å². The Morgan fingerprint density at radius 1 is 1.38 bits per heavy atom. The second-order valence-electron chi connectivity index (χ2n) is 3.83. The first-order valence-electron chi connectivity index (χ1n) is 5.37. The minimum Gasteiger partial charge on any atom is -0.466 e. The Bertz CT molecular complexity index is 398. The Balaban J connectivity index is 2.04. The summed E-state index contributed by atoms with van der Waals surface area (Å²) in [6, 6.07) is 10.2. The highest BCUT2D eigenvalue weighted by atomic mass is 16.5. The van der Waals surface area contributed by atoms with Crippen LogP contribution in [0, 0.1) is 0 Å². The van der Waals surface area contributed by atoms with Gasteiger partial charge in [0.2, 0.25) is 0 Å². The summed E-state index contributed by atoms with van der Waals surface area (Å²) in [6.45, 7) is 1.78. The van der Waals surface area contributed by atoms with E-state index in [1.807, 2.05) is 18.2 Å². The van der Waals surface area contributed by atoms with Crippen molar-refractivity contribution in [2.75, 3.05) is 25.1 Å². The zero-order valence-electron chi connectivity index (χ0n) is 9.35. The van der Waals surface area contributed by atoms with Gasteiger partial charge in [-0.3, -0.25) is 0 Å². The van der Waals surface area contributed by atoms with Crippen molar-refractivity contribution in [3.63, 3.8) is 0 Å². The predicted molar refractivity (Wildman–Crippen MR) is 63.4 cm³/mol. The molecule has 1 fully saturated rings. The number of benzene rings is 1. The summed E-state index contributed by atoms with van der Waals surface area (Å²) in [5.74, 6) is -0.259. The van der Waals surface area contributed by atoms with Gasteiger partial charge in [0.05, 0.1) is 7.11 Å². The van der Waals surface area contributed by atoms with Crippen LogP contribution in [0.5, 0.6) is 0 Å². The van der Waals surface area contributed by atoms with Crippen LogP contribution in [-0.4, -0.2) is 26.2 Å². The maximum absolute atomic E-state index is 11.1. The Labute approximate surface area is 95.3 Å². The number of esters is 1. The highest BCUT2D eigenvalue weighted by Gasteiger charge is 2.17. The van der Waals surface area contributed by atoms with Crippen molar-refractivity contribution >= 4 is 11.7 Å². The first-order valence-corrected chi connectivity index (χ1v) is 5.37. The number of nitrogens with zero attached hydrogens (tertiary/aromatic N) is 1. The van der Waals surface area contributed by atoms with Gasteiger partial charge in [0.15, 0.2) is 0 Å². The molecule has 16 heavy (non-hydrogen) atoms. The summed E-state index contributed by atoms with van der Waals surface area (Å²) in [7, 11) is 1.41. The van der Waals surface area contributed by atoms with Gasteiger partial charge in [-0.05, 0) is 24.1 Å². The maximum atomic E-state index is 11.1. The topological polar surface area (TPSA) is 29.5 Å². The van der Waals surface area contributed by atoms with E-state index in [2.05, 4.69) is 21.8 Å². The average molecular weight is 217 g/mol. The number of carbonyl (C=O) groups is 1. The normalized spacial score (nSPS) is 17.8. The molecule has 1 aliphatic heterocycles. The monoisotopic (exact) mass is 217 g/mol. The first kappa shape index (κ1) is 10.7. The maximum Gasteiger partial charge on any atom is 0.330 e. The summed E-state index contributed by atoms with van der Waals surface area (Å²) >= 11 is 0. The van der Waals surface area contributed by atoms with Crippen molar-refractivity contribution in [2.45, 2.75) is 6.42 Å². The number of rotatable bonds is 2. The summed E-state index contributed by atoms with van der Waals surface area (Å²) < 4.78 is 4.62. The average Bonchev–Trinajstić information content (AvgIpc) is 2.78. The number of hydrogen-bond donors (Lipinski definition) is 0. The first-order chi connectivity index (χ1) is 7.79. The molecule has 0 radical (unpaired) electrons. The van der Waals surface area contributed by atoms with E-state index in [0.717, 1.165) is 25.1 Å². The smallest absolute Gasteiger partial charge is 0.330 e. The number of para-hydroxylation sites is 1. The standard InChI is InChI=1S/C13H15NO2/c1-16-13(15)9-11-7-8-14(10-11)12-5-3-2-4-6-12/h2-6,9H,7-8,10H2,1H3. The molecule has 3 heteroatoms. The third-order valence-electron chi connectivity index (χ3n) is 2.74. The van der Waals surface area contributed by atoms with Gasteiger partial charge in [-0.1, -0.05) is 18.2 Å². The van der Waals surface area contributed by atoms with E-state index in [0.29, 0.717) is 0 Å². The molecule has 0 bridgehead atoms. The van der Waals surface area contributed by atoms with Crippen LogP contribution in [0.3, 0.4) is 0 Å². The number of methoxy groups -OCH3 is 1. The molecule has 0 unspecified atom stereocenters. The predicted octanol–water partition coefficient (Wildman–Crippen LogP) is 2.00. The largest absolute Gasteiger partial charge is 0.466 e. The molecule has 0 atom stereocenters. The molecule has 84 valence electrons. The number of carbonyl (C=O) groups excluding carboxylic acids is 1. The fourth-order valence-corrected chi connectivity index (χ4v) is 1.88. The van der Waals surface area contributed by atoms with Gasteiger partial charge >= 0.3 is 5.97 Å². The van der Waals surface area contributed by atoms with Crippen LogP contribution in [0.1, 0.15) is 6.42 Å². The molecule has 0 aliphatic carbocycles. The van der Waals surface area contributed by atoms with Gasteiger partial charge in [-0.15, -0.1) is 0 Å². The van der Waals surface area contributed by atoms with Crippen LogP contribution >= 0.6 is 0 Å². The number of ether oxygens (including phenoxy) is 1. The van der Waals surface area contributed by atoms with E-state index in [1.54, 1.807) is 6.08 Å². The van der Waals surface area contributed by atoms with Gasteiger partial charge < -0.3 is 9.64 Å². The van der Waals surface area contributed by atoms with Crippen molar-refractivity contribution in [1.29, 1.82) is 0 Å². The lowest BCUT2D eigenvalue weighted by Crippen LogP contribution is -2.17. The zero-order chi connectivity index (χ0) is 11.4. The van der Waals surface area contributed by atoms with E-state index >= 15 is 0 Å². The SMILES string of the molecule is COC(=O)C=C1CCN(c2ccccc2)C1. The third-order valence-corrected chi connectivity index (χ3v) is 2.74. The molecular weight excluding hydrogens is 202 g/mol. The van der Waals surface area contributed by atoms with Crippen molar-refractivity contribution in [2.24, 2.45) is 0 Å². The van der Waals surface area contributed by atoms with Crippen molar-refractivity contribution in [1.82, 2.24) is 0 Å². The number of anilines is 1. The van der Waals surface area contributed by atoms with Crippen molar-refractivity contribution < 1.29 is 9.53 Å². The summed E-state index contributed by atoms with van der Waals surface area (Å²) in [5, 5.41) is 0. The Morgan fingerprint density at radius 3 is 2.81 bits per heavy atom. The zero-order valence-corrected chi connectivity index (χ0v) is 9.35. The molecule has 0 N–H and O–H groups in total. The van der Waals surface area contributed by atoms with E-state index in [9.17, 15) is 4.79 Å². The molecule has 0 amide bonds. The fourth-order valence-electron chi connectivity index (χ4n) is 1.88. The second-order valence-corrected chi connectivity index (χ2v) is 3.83. The molecule has 1 aromatic carbocycles. The van der Waals surface area contributed by atoms with Crippen LogP contribution in [0.15, 0.2) is 42.0 Å². The Hall–Kier alpha value is -1.77. The molecule has 1 saturated heterocycles. The lowest BCUT2D eigenvalue weighted by Gasteiger charge is -2.16.